The van der Waals surface area contributed by atoms with Crippen LogP contribution in [-0.4, -0.2) is 30.4 Å². The average molecular weight is 306 g/mol. The van der Waals surface area contributed by atoms with Crippen molar-refractivity contribution in [2.75, 3.05) is 6.61 Å². The van der Waals surface area contributed by atoms with Crippen LogP contribution in [0.3, 0.4) is 0 Å². The summed E-state index contributed by atoms with van der Waals surface area (Å²) in [6.07, 6.45) is 6.21. The number of benzene rings is 1. The predicted molar refractivity (Wildman–Crippen MR) is 86.3 cm³/mol. The second-order valence-electron chi connectivity index (χ2n) is 5.31. The third-order valence-corrected chi connectivity index (χ3v) is 3.26. The Morgan fingerprint density at radius 3 is 2.73 bits per heavy atom. The zero-order chi connectivity index (χ0) is 16.0. The highest BCUT2D eigenvalue weighted by Gasteiger charge is 2.01. The standard InChI is InChI=1S/C18H26O4/c1-16(22-15-19)8-7-12-18(20)11-5-6-13-21-14-17-9-3-2-4-10-17/h2-4,7,9-10,12,15-16,18,20H,5-6,8,11,13-14H2,1H3/b12-7+/t16-,18+/m0/s1. The van der Waals surface area contributed by atoms with Crippen molar-refractivity contribution in [3.05, 3.63) is 48.0 Å². The van der Waals surface area contributed by atoms with Crippen molar-refractivity contribution in [2.45, 2.75) is 51.4 Å². The smallest absolute Gasteiger partial charge is 0.293 e. The summed E-state index contributed by atoms with van der Waals surface area (Å²) in [6, 6.07) is 10.1. The van der Waals surface area contributed by atoms with Crippen LogP contribution in [0.2, 0.25) is 0 Å². The van der Waals surface area contributed by atoms with Crippen molar-refractivity contribution in [2.24, 2.45) is 0 Å². The molecule has 0 aliphatic rings. The lowest BCUT2D eigenvalue weighted by molar-refractivity contribution is -0.132. The van der Waals surface area contributed by atoms with E-state index in [0.717, 1.165) is 12.8 Å². The van der Waals surface area contributed by atoms with Gasteiger partial charge in [-0.15, -0.1) is 0 Å². The maximum Gasteiger partial charge on any atom is 0.293 e. The van der Waals surface area contributed by atoms with Gasteiger partial charge in [-0.3, -0.25) is 4.79 Å². The highest BCUT2D eigenvalue weighted by molar-refractivity contribution is 5.37. The largest absolute Gasteiger partial charge is 0.465 e. The van der Waals surface area contributed by atoms with Crippen molar-refractivity contribution in [3.63, 3.8) is 0 Å². The lowest BCUT2D eigenvalue weighted by Gasteiger charge is -2.08. The van der Waals surface area contributed by atoms with Gasteiger partial charge >= 0.3 is 0 Å². The monoisotopic (exact) mass is 306 g/mol. The maximum absolute atomic E-state index is 10.1. The predicted octanol–water partition coefficient (Wildman–Crippen LogP) is 3.24. The summed E-state index contributed by atoms with van der Waals surface area (Å²) in [5.41, 5.74) is 1.18. The molecule has 1 aromatic carbocycles. The fourth-order valence-electron chi connectivity index (χ4n) is 2.00. The van der Waals surface area contributed by atoms with Gasteiger partial charge in [0.2, 0.25) is 0 Å². The second-order valence-corrected chi connectivity index (χ2v) is 5.31. The number of ether oxygens (including phenoxy) is 2. The minimum Gasteiger partial charge on any atom is -0.465 e. The molecule has 4 nitrogen and oxygen atoms in total. The first kappa shape index (κ1) is 18.4. The highest BCUT2D eigenvalue weighted by atomic mass is 16.5. The number of carbonyl (C=O) groups excluding carboxylic acids is 1. The minimum atomic E-state index is -0.447. The molecule has 2 atom stereocenters. The summed E-state index contributed by atoms with van der Waals surface area (Å²) in [5.74, 6) is 0. The van der Waals surface area contributed by atoms with E-state index in [1.54, 1.807) is 6.08 Å². The summed E-state index contributed by atoms with van der Waals surface area (Å²) in [5, 5.41) is 9.79. The van der Waals surface area contributed by atoms with Gasteiger partial charge in [0.05, 0.1) is 12.7 Å². The van der Waals surface area contributed by atoms with Gasteiger partial charge in [0.25, 0.3) is 6.47 Å². The number of hydrogen-bond acceptors (Lipinski definition) is 4. The first-order valence-corrected chi connectivity index (χ1v) is 7.78. The van der Waals surface area contributed by atoms with Gasteiger partial charge in [0.1, 0.15) is 6.10 Å². The molecule has 0 bridgehead atoms. The minimum absolute atomic E-state index is 0.146. The van der Waals surface area contributed by atoms with Gasteiger partial charge in [0.15, 0.2) is 0 Å². The molecule has 122 valence electrons. The number of hydrogen-bond donors (Lipinski definition) is 1. The Morgan fingerprint density at radius 1 is 1.23 bits per heavy atom. The number of unbranched alkanes of at least 4 members (excludes halogenated alkanes) is 1. The molecule has 1 aromatic rings. The molecule has 0 radical (unpaired) electrons. The highest BCUT2D eigenvalue weighted by Crippen LogP contribution is 2.06. The van der Waals surface area contributed by atoms with Gasteiger partial charge in [0, 0.05) is 13.0 Å². The Labute approximate surface area is 132 Å². The molecule has 1 rings (SSSR count). The number of aliphatic hydroxyl groups is 1. The molecule has 0 saturated heterocycles. The average Bonchev–Trinajstić information content (AvgIpc) is 2.52. The lowest BCUT2D eigenvalue weighted by Crippen LogP contribution is -2.06. The molecule has 1 N–H and O–H groups in total. The summed E-state index contributed by atoms with van der Waals surface area (Å²) >= 11 is 0. The van der Waals surface area contributed by atoms with Crippen LogP contribution in [0.5, 0.6) is 0 Å². The Balaban J connectivity index is 1.99. The van der Waals surface area contributed by atoms with Crippen molar-refractivity contribution in [1.29, 1.82) is 0 Å². The van der Waals surface area contributed by atoms with E-state index < -0.39 is 6.10 Å². The van der Waals surface area contributed by atoms with Crippen molar-refractivity contribution >= 4 is 6.47 Å². The molecule has 0 fully saturated rings. The molecule has 0 heterocycles. The molecular weight excluding hydrogens is 280 g/mol. The van der Waals surface area contributed by atoms with Crippen molar-refractivity contribution < 1.29 is 19.4 Å². The maximum atomic E-state index is 10.1. The first-order chi connectivity index (χ1) is 10.7. The normalized spacial score (nSPS) is 13.9. The SMILES string of the molecule is C[C@@H](C/C=C/[C@H](O)CCCCOCc1ccccc1)OC=O. The molecule has 0 saturated carbocycles. The van der Waals surface area contributed by atoms with Gasteiger partial charge in [-0.05, 0) is 31.7 Å². The number of carbonyl (C=O) groups is 1. The fraction of sp³-hybridized carbons (Fsp3) is 0.500. The van der Waals surface area contributed by atoms with E-state index >= 15 is 0 Å². The van der Waals surface area contributed by atoms with Crippen LogP contribution in [-0.2, 0) is 20.9 Å². The second kappa shape index (κ2) is 12.0. The fourth-order valence-corrected chi connectivity index (χ4v) is 2.00. The molecule has 22 heavy (non-hydrogen) atoms. The van der Waals surface area contributed by atoms with Gasteiger partial charge < -0.3 is 14.6 Å². The Kier molecular flexibility index (Phi) is 9.99. The Bertz CT molecular complexity index is 416. The van der Waals surface area contributed by atoms with E-state index in [0.29, 0.717) is 32.5 Å². The summed E-state index contributed by atoms with van der Waals surface area (Å²) in [4.78, 5) is 10.1. The summed E-state index contributed by atoms with van der Waals surface area (Å²) < 4.78 is 10.3. The van der Waals surface area contributed by atoms with Crippen molar-refractivity contribution in [1.82, 2.24) is 0 Å². The van der Waals surface area contributed by atoms with E-state index in [2.05, 4.69) is 0 Å². The quantitative estimate of drug-likeness (QED) is 0.366. The summed E-state index contributed by atoms with van der Waals surface area (Å²) in [7, 11) is 0. The van der Waals surface area contributed by atoms with Crippen LogP contribution in [0.15, 0.2) is 42.5 Å². The van der Waals surface area contributed by atoms with E-state index in [-0.39, 0.29) is 6.10 Å². The van der Waals surface area contributed by atoms with Crippen LogP contribution in [0.4, 0.5) is 0 Å². The van der Waals surface area contributed by atoms with Crippen LogP contribution >= 0.6 is 0 Å². The number of aliphatic hydroxyl groups excluding tert-OH is 1. The Hall–Kier alpha value is -1.65. The molecule has 0 aliphatic heterocycles. The molecule has 0 unspecified atom stereocenters. The molecule has 0 aromatic heterocycles. The number of rotatable bonds is 12. The van der Waals surface area contributed by atoms with E-state index in [9.17, 15) is 9.90 Å². The zero-order valence-electron chi connectivity index (χ0n) is 13.2. The van der Waals surface area contributed by atoms with Gasteiger partial charge in [-0.25, -0.2) is 0 Å². The van der Waals surface area contributed by atoms with Crippen LogP contribution in [0.25, 0.3) is 0 Å². The van der Waals surface area contributed by atoms with Gasteiger partial charge in [-0.1, -0.05) is 42.5 Å². The zero-order valence-corrected chi connectivity index (χ0v) is 13.2. The van der Waals surface area contributed by atoms with E-state index in [4.69, 9.17) is 9.47 Å². The lowest BCUT2D eigenvalue weighted by atomic mass is 10.1. The molecule has 0 aliphatic carbocycles. The summed E-state index contributed by atoms with van der Waals surface area (Å²) in [6.45, 7) is 3.60. The molecule has 0 amide bonds. The molecular formula is C18H26O4. The molecule has 4 heteroatoms. The molecule has 0 spiro atoms. The van der Waals surface area contributed by atoms with Gasteiger partial charge in [-0.2, -0.15) is 0 Å². The van der Waals surface area contributed by atoms with Crippen LogP contribution < -0.4 is 0 Å². The van der Waals surface area contributed by atoms with E-state index in [1.165, 1.54) is 5.56 Å². The van der Waals surface area contributed by atoms with Crippen LogP contribution in [0, 0.1) is 0 Å². The first-order valence-electron chi connectivity index (χ1n) is 7.78. The van der Waals surface area contributed by atoms with Crippen LogP contribution in [0.1, 0.15) is 38.2 Å². The topological polar surface area (TPSA) is 55.8 Å². The van der Waals surface area contributed by atoms with E-state index in [1.807, 2.05) is 43.3 Å². The Morgan fingerprint density at radius 2 is 2.00 bits per heavy atom. The van der Waals surface area contributed by atoms with Crippen molar-refractivity contribution in [3.8, 4) is 0 Å². The third kappa shape index (κ3) is 9.32. The third-order valence-electron chi connectivity index (χ3n) is 3.26.